The molecule has 0 unspecified atom stereocenters. The molecule has 4 nitrogen and oxygen atoms in total. The number of fused-ring (bicyclic) bond motifs is 1. The molecule has 2 N–H and O–H groups in total. The number of anilines is 2. The van der Waals surface area contributed by atoms with Gasteiger partial charge in [0.1, 0.15) is 5.82 Å². The third-order valence-electron chi connectivity index (χ3n) is 4.21. The highest BCUT2D eigenvalue weighted by molar-refractivity contribution is 5.90. The summed E-state index contributed by atoms with van der Waals surface area (Å²) < 4.78 is 0. The van der Waals surface area contributed by atoms with Crippen molar-refractivity contribution in [3.63, 3.8) is 0 Å². The minimum Gasteiger partial charge on any atom is -0.369 e. The van der Waals surface area contributed by atoms with E-state index in [-0.39, 0.29) is 5.41 Å². The van der Waals surface area contributed by atoms with Crippen LogP contribution >= 0.6 is 0 Å². The number of nitrogens with one attached hydrogen (secondary N) is 2. The molecule has 21 heavy (non-hydrogen) atoms. The smallest absolute Gasteiger partial charge is 0.225 e. The molecule has 0 atom stereocenters. The Morgan fingerprint density at radius 1 is 1.10 bits per heavy atom. The van der Waals surface area contributed by atoms with Crippen molar-refractivity contribution >= 4 is 22.7 Å². The fourth-order valence-corrected chi connectivity index (χ4v) is 1.96. The van der Waals surface area contributed by atoms with Crippen LogP contribution in [0.3, 0.4) is 0 Å². The molecule has 0 bridgehead atoms. The Kier molecular flexibility index (Phi) is 4.66. The predicted molar refractivity (Wildman–Crippen MR) is 90.8 cm³/mol. The zero-order valence-electron chi connectivity index (χ0n) is 13.7. The number of para-hydroxylation sites is 1. The van der Waals surface area contributed by atoms with Gasteiger partial charge < -0.3 is 10.6 Å². The molecule has 0 aliphatic carbocycles. The summed E-state index contributed by atoms with van der Waals surface area (Å²) in [5.74, 6) is 2.19. The average Bonchev–Trinajstić information content (AvgIpc) is 2.45. The molecule has 1 heterocycles. The Morgan fingerprint density at radius 3 is 2.48 bits per heavy atom. The first-order chi connectivity index (χ1) is 9.94. The quantitative estimate of drug-likeness (QED) is 0.837. The van der Waals surface area contributed by atoms with Crippen LogP contribution in [-0.4, -0.2) is 23.1 Å². The normalized spacial score (nSPS) is 11.9. The molecule has 0 saturated carbocycles. The topological polar surface area (TPSA) is 49.8 Å². The average molecular weight is 286 g/mol. The maximum Gasteiger partial charge on any atom is 0.225 e. The minimum absolute atomic E-state index is 0.213. The molecule has 0 aliphatic heterocycles. The standard InChI is InChI=1S/C17H26N4/c1-6-18-16-20-14-10-8-7-9-13(14)15(21-16)19-11-17(4,5)12(2)3/h7-10,12H,6,11H2,1-5H3,(H2,18,19,20,21). The van der Waals surface area contributed by atoms with E-state index in [2.05, 4.69) is 54.4 Å². The van der Waals surface area contributed by atoms with Crippen molar-refractivity contribution in [2.45, 2.75) is 34.6 Å². The third-order valence-corrected chi connectivity index (χ3v) is 4.21. The van der Waals surface area contributed by atoms with Crippen molar-refractivity contribution < 1.29 is 0 Å². The number of aromatic nitrogens is 2. The van der Waals surface area contributed by atoms with E-state index in [0.29, 0.717) is 11.9 Å². The summed E-state index contributed by atoms with van der Waals surface area (Å²) in [5.41, 5.74) is 1.18. The number of benzene rings is 1. The Bertz CT molecular complexity index is 605. The van der Waals surface area contributed by atoms with Gasteiger partial charge in [0.15, 0.2) is 0 Å². The van der Waals surface area contributed by atoms with E-state index in [1.165, 1.54) is 0 Å². The molecule has 0 aliphatic rings. The summed E-state index contributed by atoms with van der Waals surface area (Å²) in [4.78, 5) is 9.16. The van der Waals surface area contributed by atoms with E-state index >= 15 is 0 Å². The summed E-state index contributed by atoms with van der Waals surface area (Å²) in [5, 5.41) is 7.78. The lowest BCUT2D eigenvalue weighted by Crippen LogP contribution is -2.29. The van der Waals surface area contributed by atoms with E-state index in [9.17, 15) is 0 Å². The third kappa shape index (κ3) is 3.63. The van der Waals surface area contributed by atoms with Gasteiger partial charge in [-0.15, -0.1) is 0 Å². The molecular formula is C17H26N4. The van der Waals surface area contributed by atoms with Crippen LogP contribution in [0.1, 0.15) is 34.6 Å². The van der Waals surface area contributed by atoms with Crippen LogP contribution < -0.4 is 10.6 Å². The number of hydrogen-bond donors (Lipinski definition) is 2. The molecular weight excluding hydrogens is 260 g/mol. The first kappa shape index (κ1) is 15.5. The van der Waals surface area contributed by atoms with Gasteiger partial charge in [-0.05, 0) is 30.4 Å². The van der Waals surface area contributed by atoms with Gasteiger partial charge in [0.2, 0.25) is 5.95 Å². The van der Waals surface area contributed by atoms with Crippen molar-refractivity contribution in [2.24, 2.45) is 11.3 Å². The number of hydrogen-bond acceptors (Lipinski definition) is 4. The van der Waals surface area contributed by atoms with Crippen molar-refractivity contribution in [3.05, 3.63) is 24.3 Å². The maximum absolute atomic E-state index is 4.62. The Balaban J connectivity index is 2.33. The Hall–Kier alpha value is -1.84. The summed E-state index contributed by atoms with van der Waals surface area (Å²) in [7, 11) is 0. The highest BCUT2D eigenvalue weighted by Gasteiger charge is 2.22. The van der Waals surface area contributed by atoms with Crippen molar-refractivity contribution in [2.75, 3.05) is 23.7 Å². The monoisotopic (exact) mass is 286 g/mol. The fraction of sp³-hybridized carbons (Fsp3) is 0.529. The highest BCUT2D eigenvalue weighted by Crippen LogP contribution is 2.28. The van der Waals surface area contributed by atoms with E-state index in [1.54, 1.807) is 0 Å². The van der Waals surface area contributed by atoms with Crippen LogP contribution in [0.2, 0.25) is 0 Å². The van der Waals surface area contributed by atoms with Gasteiger partial charge in [-0.2, -0.15) is 4.98 Å². The summed E-state index contributed by atoms with van der Waals surface area (Å²) in [6.45, 7) is 12.8. The zero-order chi connectivity index (χ0) is 15.5. The van der Waals surface area contributed by atoms with Crippen LogP contribution in [-0.2, 0) is 0 Å². The van der Waals surface area contributed by atoms with Crippen LogP contribution in [0.15, 0.2) is 24.3 Å². The van der Waals surface area contributed by atoms with Crippen LogP contribution in [0.5, 0.6) is 0 Å². The first-order valence-electron chi connectivity index (χ1n) is 7.68. The first-order valence-corrected chi connectivity index (χ1v) is 7.68. The van der Waals surface area contributed by atoms with E-state index in [1.807, 2.05) is 25.1 Å². The molecule has 0 fully saturated rings. The molecule has 2 rings (SSSR count). The molecule has 1 aromatic heterocycles. The largest absolute Gasteiger partial charge is 0.369 e. The zero-order valence-corrected chi connectivity index (χ0v) is 13.7. The van der Waals surface area contributed by atoms with E-state index < -0.39 is 0 Å². The SMILES string of the molecule is CCNc1nc(NCC(C)(C)C(C)C)c2ccccc2n1. The summed E-state index contributed by atoms with van der Waals surface area (Å²) in [6.07, 6.45) is 0. The molecule has 2 aromatic rings. The van der Waals surface area contributed by atoms with Gasteiger partial charge in [0, 0.05) is 18.5 Å². The summed E-state index contributed by atoms with van der Waals surface area (Å²) in [6, 6.07) is 8.12. The minimum atomic E-state index is 0.213. The molecule has 1 aromatic carbocycles. The number of nitrogens with zero attached hydrogens (tertiary/aromatic N) is 2. The Morgan fingerprint density at radius 2 is 1.81 bits per heavy atom. The molecule has 0 spiro atoms. The van der Waals surface area contributed by atoms with Gasteiger partial charge in [-0.25, -0.2) is 4.98 Å². The lowest BCUT2D eigenvalue weighted by molar-refractivity contribution is 0.269. The second kappa shape index (κ2) is 6.29. The van der Waals surface area contributed by atoms with Crippen LogP contribution in [0.25, 0.3) is 10.9 Å². The maximum atomic E-state index is 4.62. The van der Waals surface area contributed by atoms with E-state index in [0.717, 1.165) is 29.8 Å². The van der Waals surface area contributed by atoms with Crippen LogP contribution in [0.4, 0.5) is 11.8 Å². The van der Waals surface area contributed by atoms with Crippen LogP contribution in [0, 0.1) is 11.3 Å². The second-order valence-electron chi connectivity index (χ2n) is 6.44. The fourth-order valence-electron chi connectivity index (χ4n) is 1.96. The molecule has 0 amide bonds. The lowest BCUT2D eigenvalue weighted by atomic mass is 9.81. The van der Waals surface area contributed by atoms with Gasteiger partial charge >= 0.3 is 0 Å². The predicted octanol–water partition coefficient (Wildman–Crippen LogP) is 4.16. The van der Waals surface area contributed by atoms with Gasteiger partial charge in [0.05, 0.1) is 5.52 Å². The molecule has 0 radical (unpaired) electrons. The highest BCUT2D eigenvalue weighted by atomic mass is 15.1. The van der Waals surface area contributed by atoms with E-state index in [4.69, 9.17) is 0 Å². The second-order valence-corrected chi connectivity index (χ2v) is 6.44. The lowest BCUT2D eigenvalue weighted by Gasteiger charge is -2.29. The van der Waals surface area contributed by atoms with Crippen molar-refractivity contribution in [1.82, 2.24) is 9.97 Å². The number of rotatable bonds is 6. The van der Waals surface area contributed by atoms with Crippen molar-refractivity contribution in [3.8, 4) is 0 Å². The Labute approximate surface area is 127 Å². The van der Waals surface area contributed by atoms with Crippen molar-refractivity contribution in [1.29, 1.82) is 0 Å². The molecule has 114 valence electrons. The molecule has 4 heteroatoms. The van der Waals surface area contributed by atoms with Gasteiger partial charge in [0.25, 0.3) is 0 Å². The van der Waals surface area contributed by atoms with Gasteiger partial charge in [-0.3, -0.25) is 0 Å². The summed E-state index contributed by atoms with van der Waals surface area (Å²) >= 11 is 0. The van der Waals surface area contributed by atoms with Gasteiger partial charge in [-0.1, -0.05) is 39.8 Å². The molecule has 0 saturated heterocycles.